The van der Waals surface area contributed by atoms with Crippen LogP contribution in [-0.2, 0) is 16.0 Å². The Morgan fingerprint density at radius 1 is 1.33 bits per heavy atom. The Bertz CT molecular complexity index is 777. The molecule has 1 amide bonds. The van der Waals surface area contributed by atoms with Crippen LogP contribution in [0.25, 0.3) is 5.69 Å². The number of amides is 1. The van der Waals surface area contributed by atoms with Gasteiger partial charge >= 0.3 is 5.97 Å². The van der Waals surface area contributed by atoms with Crippen LogP contribution in [0.2, 0.25) is 0 Å². The number of hydrogen-bond acceptors (Lipinski definition) is 4. The number of carboxylic acids is 1. The molecule has 1 aromatic carbocycles. The summed E-state index contributed by atoms with van der Waals surface area (Å²) >= 11 is 0. The summed E-state index contributed by atoms with van der Waals surface area (Å²) in [6, 6.07) is 9.38. The maximum atomic E-state index is 14.1. The molecule has 8 heteroatoms. The van der Waals surface area contributed by atoms with Crippen LogP contribution in [0.4, 0.5) is 4.39 Å². The number of alkyl halides is 1. The standard InChI is InChI=1S/C16H17FN4O3/c1-11-13(18-19-21(11)12-5-3-2-4-6-12)9-14(22)20-8-7-16(17,10-20)15(23)24/h2-6H,7-10H2,1H3,(H,23,24). The average molecular weight is 332 g/mol. The summed E-state index contributed by atoms with van der Waals surface area (Å²) in [7, 11) is 0. The first-order chi connectivity index (χ1) is 11.4. The van der Waals surface area contributed by atoms with E-state index >= 15 is 0 Å². The Kier molecular flexibility index (Phi) is 4.04. The molecule has 0 spiro atoms. The molecule has 2 aromatic rings. The van der Waals surface area contributed by atoms with E-state index in [1.807, 2.05) is 30.3 Å². The van der Waals surface area contributed by atoms with Gasteiger partial charge in [0.25, 0.3) is 0 Å². The number of carbonyl (C=O) groups excluding carboxylic acids is 1. The molecule has 3 rings (SSSR count). The SMILES string of the molecule is Cc1c(CC(=O)N2CCC(F)(C(=O)O)C2)nnn1-c1ccccc1. The van der Waals surface area contributed by atoms with E-state index in [2.05, 4.69) is 10.3 Å². The first-order valence-corrected chi connectivity index (χ1v) is 7.57. The number of rotatable bonds is 4. The third kappa shape index (κ3) is 2.86. The molecule has 1 fully saturated rings. The number of carboxylic acid groups (broad SMARTS) is 1. The maximum absolute atomic E-state index is 14.1. The van der Waals surface area contributed by atoms with E-state index in [4.69, 9.17) is 5.11 Å². The summed E-state index contributed by atoms with van der Waals surface area (Å²) in [5.74, 6) is -1.87. The van der Waals surface area contributed by atoms with Gasteiger partial charge in [-0.2, -0.15) is 0 Å². The topological polar surface area (TPSA) is 88.3 Å². The van der Waals surface area contributed by atoms with Crippen LogP contribution in [0, 0.1) is 6.92 Å². The highest BCUT2D eigenvalue weighted by molar-refractivity contribution is 5.83. The molecular formula is C16H17FN4O3. The lowest BCUT2D eigenvalue weighted by atomic mass is 10.1. The van der Waals surface area contributed by atoms with Gasteiger partial charge in [-0.1, -0.05) is 23.4 Å². The summed E-state index contributed by atoms with van der Waals surface area (Å²) < 4.78 is 15.7. The van der Waals surface area contributed by atoms with Crippen molar-refractivity contribution in [3.05, 3.63) is 41.7 Å². The number of aliphatic carboxylic acids is 1. The Morgan fingerprint density at radius 3 is 2.67 bits per heavy atom. The van der Waals surface area contributed by atoms with Crippen molar-refractivity contribution in [3.8, 4) is 5.69 Å². The highest BCUT2D eigenvalue weighted by atomic mass is 19.1. The number of carbonyl (C=O) groups is 2. The van der Waals surface area contributed by atoms with E-state index in [1.165, 1.54) is 4.90 Å². The average Bonchev–Trinajstić information content (AvgIpc) is 3.14. The lowest BCUT2D eigenvalue weighted by Gasteiger charge is -2.17. The second-order valence-corrected chi connectivity index (χ2v) is 5.88. The molecule has 0 saturated carbocycles. The molecule has 0 bridgehead atoms. The lowest BCUT2D eigenvalue weighted by molar-refractivity contribution is -0.150. The van der Waals surface area contributed by atoms with Crippen LogP contribution < -0.4 is 0 Å². The molecule has 1 saturated heterocycles. The largest absolute Gasteiger partial charge is 0.479 e. The summed E-state index contributed by atoms with van der Waals surface area (Å²) in [4.78, 5) is 24.5. The monoisotopic (exact) mass is 332 g/mol. The van der Waals surface area contributed by atoms with Crippen LogP contribution in [0.15, 0.2) is 30.3 Å². The number of benzene rings is 1. The van der Waals surface area contributed by atoms with Gasteiger partial charge in [0.05, 0.1) is 30.0 Å². The Balaban J connectivity index is 1.72. The Morgan fingerprint density at radius 2 is 2.04 bits per heavy atom. The van der Waals surface area contributed by atoms with Crippen molar-refractivity contribution < 1.29 is 19.1 Å². The van der Waals surface area contributed by atoms with Crippen molar-refractivity contribution >= 4 is 11.9 Å². The first-order valence-electron chi connectivity index (χ1n) is 7.57. The van der Waals surface area contributed by atoms with Gasteiger partial charge in [-0.25, -0.2) is 13.9 Å². The van der Waals surface area contributed by atoms with Crippen LogP contribution in [0.5, 0.6) is 0 Å². The lowest BCUT2D eigenvalue weighted by Crippen LogP contribution is -2.39. The third-order valence-electron chi connectivity index (χ3n) is 4.27. The van der Waals surface area contributed by atoms with Crippen molar-refractivity contribution in [1.29, 1.82) is 0 Å². The van der Waals surface area contributed by atoms with E-state index in [9.17, 15) is 14.0 Å². The minimum Gasteiger partial charge on any atom is -0.479 e. The van der Waals surface area contributed by atoms with Crippen LogP contribution >= 0.6 is 0 Å². The molecule has 126 valence electrons. The van der Waals surface area contributed by atoms with Crippen LogP contribution in [0.1, 0.15) is 17.8 Å². The van der Waals surface area contributed by atoms with Gasteiger partial charge in [0.2, 0.25) is 11.6 Å². The van der Waals surface area contributed by atoms with Gasteiger partial charge in [-0.3, -0.25) is 4.79 Å². The first kappa shape index (κ1) is 16.1. The van der Waals surface area contributed by atoms with Gasteiger partial charge < -0.3 is 10.0 Å². The fourth-order valence-corrected chi connectivity index (χ4v) is 2.75. The minimum absolute atomic E-state index is 0.0334. The van der Waals surface area contributed by atoms with Crippen LogP contribution in [-0.4, -0.2) is 55.6 Å². The molecule has 0 radical (unpaired) electrons. The number of aromatic nitrogens is 3. The molecular weight excluding hydrogens is 315 g/mol. The predicted molar refractivity (Wildman–Crippen MR) is 82.5 cm³/mol. The molecule has 1 aromatic heterocycles. The number of nitrogens with zero attached hydrogens (tertiary/aromatic N) is 4. The summed E-state index contributed by atoms with van der Waals surface area (Å²) in [5, 5.41) is 17.0. The van der Waals surface area contributed by atoms with Crippen molar-refractivity contribution in [1.82, 2.24) is 19.9 Å². The van der Waals surface area contributed by atoms with Gasteiger partial charge in [-0.15, -0.1) is 5.10 Å². The van der Waals surface area contributed by atoms with Gasteiger partial charge in [0.1, 0.15) is 0 Å². The van der Waals surface area contributed by atoms with E-state index < -0.39 is 18.2 Å². The normalized spacial score (nSPS) is 20.3. The van der Waals surface area contributed by atoms with E-state index in [0.717, 1.165) is 11.4 Å². The highest BCUT2D eigenvalue weighted by Gasteiger charge is 2.46. The molecule has 24 heavy (non-hydrogen) atoms. The maximum Gasteiger partial charge on any atom is 0.343 e. The fourth-order valence-electron chi connectivity index (χ4n) is 2.75. The number of para-hydroxylation sites is 1. The van der Waals surface area contributed by atoms with Crippen molar-refractivity contribution in [2.45, 2.75) is 25.4 Å². The van der Waals surface area contributed by atoms with Crippen molar-refractivity contribution in [2.75, 3.05) is 13.1 Å². The second kappa shape index (κ2) is 6.03. The molecule has 2 heterocycles. The summed E-state index contributed by atoms with van der Waals surface area (Å²) in [6.07, 6.45) is -0.224. The smallest absolute Gasteiger partial charge is 0.343 e. The molecule has 1 aliphatic rings. The summed E-state index contributed by atoms with van der Waals surface area (Å²) in [6.45, 7) is 1.47. The second-order valence-electron chi connectivity index (χ2n) is 5.88. The van der Waals surface area contributed by atoms with E-state index in [0.29, 0.717) is 5.69 Å². The Labute approximate surface area is 137 Å². The number of halogens is 1. The molecule has 1 N–H and O–H groups in total. The molecule has 1 atom stereocenters. The molecule has 1 unspecified atom stereocenters. The molecule has 1 aliphatic heterocycles. The van der Waals surface area contributed by atoms with Crippen molar-refractivity contribution in [2.24, 2.45) is 0 Å². The molecule has 7 nitrogen and oxygen atoms in total. The quantitative estimate of drug-likeness (QED) is 0.907. The van der Waals surface area contributed by atoms with Crippen LogP contribution in [0.3, 0.4) is 0 Å². The van der Waals surface area contributed by atoms with Gasteiger partial charge in [-0.05, 0) is 19.1 Å². The zero-order chi connectivity index (χ0) is 17.3. The van der Waals surface area contributed by atoms with E-state index in [-0.39, 0.29) is 25.3 Å². The predicted octanol–water partition coefficient (Wildman–Crippen LogP) is 1.14. The summed E-state index contributed by atoms with van der Waals surface area (Å²) in [5.41, 5.74) is -0.308. The Hall–Kier alpha value is -2.77. The zero-order valence-corrected chi connectivity index (χ0v) is 13.1. The fraction of sp³-hybridized carbons (Fsp3) is 0.375. The van der Waals surface area contributed by atoms with Gasteiger partial charge in [0.15, 0.2) is 0 Å². The van der Waals surface area contributed by atoms with E-state index in [1.54, 1.807) is 11.6 Å². The zero-order valence-electron chi connectivity index (χ0n) is 13.1. The number of likely N-dealkylation sites (tertiary alicyclic amines) is 1. The van der Waals surface area contributed by atoms with Crippen molar-refractivity contribution in [3.63, 3.8) is 0 Å². The molecule has 0 aliphatic carbocycles. The third-order valence-corrected chi connectivity index (χ3v) is 4.27. The number of hydrogen-bond donors (Lipinski definition) is 1. The highest BCUT2D eigenvalue weighted by Crippen LogP contribution is 2.26. The van der Waals surface area contributed by atoms with Gasteiger partial charge in [0, 0.05) is 13.0 Å². The minimum atomic E-state index is -2.35.